The van der Waals surface area contributed by atoms with Crippen molar-refractivity contribution >= 4 is 33.6 Å². The van der Waals surface area contributed by atoms with Crippen molar-refractivity contribution in [1.29, 1.82) is 0 Å². The summed E-state index contributed by atoms with van der Waals surface area (Å²) >= 11 is 3.41. The van der Waals surface area contributed by atoms with Gasteiger partial charge in [0.15, 0.2) is 11.5 Å². The van der Waals surface area contributed by atoms with Gasteiger partial charge in [0.25, 0.3) is 0 Å². The second-order valence-electron chi connectivity index (χ2n) is 7.35. The van der Waals surface area contributed by atoms with Gasteiger partial charge in [-0.1, -0.05) is 15.9 Å². The van der Waals surface area contributed by atoms with Crippen LogP contribution in [0.1, 0.15) is 39.4 Å². The Labute approximate surface area is 160 Å². The summed E-state index contributed by atoms with van der Waals surface area (Å²) in [5.41, 5.74) is 0.0825. The number of carbonyl (C=O) groups excluding carboxylic acids is 2. The van der Waals surface area contributed by atoms with E-state index in [-0.39, 0.29) is 18.5 Å². The van der Waals surface area contributed by atoms with Crippen molar-refractivity contribution in [3.05, 3.63) is 28.6 Å². The molecule has 1 saturated heterocycles. The Hall–Kier alpha value is -2.16. The third-order valence-corrected chi connectivity index (χ3v) is 4.45. The molecule has 1 N–H and O–H groups in total. The predicted octanol–water partition coefficient (Wildman–Crippen LogP) is 2.51. The van der Waals surface area contributed by atoms with E-state index in [9.17, 15) is 9.59 Å². The van der Waals surface area contributed by atoms with E-state index in [0.717, 1.165) is 4.47 Å². The Morgan fingerprint density at radius 2 is 2.23 bits per heavy atom. The summed E-state index contributed by atoms with van der Waals surface area (Å²) in [6.45, 7) is 6.08. The van der Waals surface area contributed by atoms with Crippen molar-refractivity contribution in [2.75, 3.05) is 6.54 Å². The van der Waals surface area contributed by atoms with Gasteiger partial charge in [-0.25, -0.2) is 4.79 Å². The third kappa shape index (κ3) is 4.51. The van der Waals surface area contributed by atoms with Gasteiger partial charge in [0.1, 0.15) is 5.60 Å². The van der Waals surface area contributed by atoms with E-state index < -0.39 is 11.7 Å². The van der Waals surface area contributed by atoms with Crippen LogP contribution in [0.3, 0.4) is 0 Å². The van der Waals surface area contributed by atoms with Crippen LogP contribution in [0.4, 0.5) is 4.79 Å². The van der Waals surface area contributed by atoms with Gasteiger partial charge in [-0.2, -0.15) is 0 Å². The van der Waals surface area contributed by atoms with Gasteiger partial charge in [0.05, 0.1) is 6.54 Å². The molecule has 0 aliphatic carbocycles. The summed E-state index contributed by atoms with van der Waals surface area (Å²) in [5.74, 6) is 0.639. The van der Waals surface area contributed by atoms with E-state index in [0.29, 0.717) is 30.9 Å². The molecule has 1 fully saturated rings. The zero-order valence-electron chi connectivity index (χ0n) is 15.0. The van der Waals surface area contributed by atoms with Crippen LogP contribution in [0.15, 0.2) is 22.8 Å². The zero-order valence-corrected chi connectivity index (χ0v) is 16.6. The largest absolute Gasteiger partial charge is 0.444 e. The number of hydrogen-bond donors (Lipinski definition) is 1. The number of fused-ring (bicyclic) bond motifs is 1. The molecule has 0 aromatic carbocycles. The first-order chi connectivity index (χ1) is 12.2. The van der Waals surface area contributed by atoms with Crippen molar-refractivity contribution < 1.29 is 14.3 Å². The fraction of sp³-hybridized carbons (Fsp3) is 0.529. The zero-order chi connectivity index (χ0) is 18.9. The van der Waals surface area contributed by atoms with Crippen LogP contribution in [-0.4, -0.2) is 49.7 Å². The number of amides is 2. The molecule has 0 saturated carbocycles. The van der Waals surface area contributed by atoms with Crippen LogP contribution < -0.4 is 5.32 Å². The summed E-state index contributed by atoms with van der Waals surface area (Å²) in [6.07, 6.45) is 2.59. The van der Waals surface area contributed by atoms with E-state index in [1.54, 1.807) is 4.90 Å². The molecule has 0 bridgehead atoms. The highest BCUT2D eigenvalue weighted by Gasteiger charge is 2.29. The summed E-state index contributed by atoms with van der Waals surface area (Å²) in [5, 5.41) is 11.2. The van der Waals surface area contributed by atoms with Crippen molar-refractivity contribution in [1.82, 2.24) is 24.8 Å². The SMILES string of the molecule is CC(C)(C)OC(=O)N(Cc1nnc2cc(Br)ccn12)C[C@@H]1CCC(=O)N1. The van der Waals surface area contributed by atoms with Gasteiger partial charge in [-0.15, -0.1) is 10.2 Å². The number of rotatable bonds is 4. The number of halogens is 1. The van der Waals surface area contributed by atoms with Gasteiger partial charge >= 0.3 is 6.09 Å². The Bertz CT molecular complexity index is 829. The maximum atomic E-state index is 12.7. The molecule has 2 amide bonds. The molecule has 8 nitrogen and oxygen atoms in total. The Balaban J connectivity index is 1.81. The van der Waals surface area contributed by atoms with Crippen molar-refractivity contribution in [2.45, 2.75) is 51.8 Å². The number of nitrogens with zero attached hydrogens (tertiary/aromatic N) is 4. The average Bonchev–Trinajstić information content (AvgIpc) is 3.11. The number of ether oxygens (including phenoxy) is 1. The summed E-state index contributed by atoms with van der Waals surface area (Å²) < 4.78 is 8.26. The van der Waals surface area contributed by atoms with E-state index in [1.807, 2.05) is 43.5 Å². The molecular formula is C17H22BrN5O3. The lowest BCUT2D eigenvalue weighted by molar-refractivity contribution is -0.119. The van der Waals surface area contributed by atoms with Gasteiger partial charge < -0.3 is 10.1 Å². The standard InChI is InChI=1S/C17H22BrN5O3/c1-17(2,3)26-16(25)22(9-12-4-5-15(24)19-12)10-14-21-20-13-8-11(18)6-7-23(13)14/h6-8,12H,4-5,9-10H2,1-3H3,(H,19,24)/t12-/m0/s1. The quantitative estimate of drug-likeness (QED) is 0.815. The topological polar surface area (TPSA) is 88.8 Å². The maximum absolute atomic E-state index is 12.7. The fourth-order valence-corrected chi connectivity index (χ4v) is 3.13. The predicted molar refractivity (Wildman–Crippen MR) is 98.5 cm³/mol. The van der Waals surface area contributed by atoms with Crippen LogP contribution in [0, 0.1) is 0 Å². The molecule has 2 aromatic heterocycles. The Morgan fingerprint density at radius 1 is 1.46 bits per heavy atom. The van der Waals surface area contributed by atoms with E-state index in [1.165, 1.54) is 0 Å². The highest BCUT2D eigenvalue weighted by Crippen LogP contribution is 2.17. The second-order valence-corrected chi connectivity index (χ2v) is 8.27. The highest BCUT2D eigenvalue weighted by atomic mass is 79.9. The first kappa shape index (κ1) is 18.6. The van der Waals surface area contributed by atoms with Crippen molar-refractivity contribution in [2.24, 2.45) is 0 Å². The van der Waals surface area contributed by atoms with Crippen LogP contribution in [0.2, 0.25) is 0 Å². The monoisotopic (exact) mass is 423 g/mol. The summed E-state index contributed by atoms with van der Waals surface area (Å²) in [7, 11) is 0. The normalized spacial score (nSPS) is 17.4. The summed E-state index contributed by atoms with van der Waals surface area (Å²) in [4.78, 5) is 25.7. The van der Waals surface area contributed by atoms with Crippen LogP contribution in [0.5, 0.6) is 0 Å². The van der Waals surface area contributed by atoms with Crippen LogP contribution in [-0.2, 0) is 16.1 Å². The maximum Gasteiger partial charge on any atom is 0.410 e. The molecule has 0 spiro atoms. The Kier molecular flexibility index (Phi) is 5.17. The Morgan fingerprint density at radius 3 is 2.88 bits per heavy atom. The molecule has 9 heteroatoms. The third-order valence-electron chi connectivity index (χ3n) is 3.95. The molecule has 3 rings (SSSR count). The smallest absolute Gasteiger partial charge is 0.410 e. The first-order valence-electron chi connectivity index (χ1n) is 8.48. The lowest BCUT2D eigenvalue weighted by atomic mass is 10.2. The minimum Gasteiger partial charge on any atom is -0.444 e. The molecule has 2 aromatic rings. The minimum atomic E-state index is -0.605. The van der Waals surface area contributed by atoms with Gasteiger partial charge in [0, 0.05) is 29.7 Å². The molecule has 1 aliphatic rings. The van der Waals surface area contributed by atoms with Gasteiger partial charge in [-0.05, 0) is 39.3 Å². The number of carbonyl (C=O) groups is 2. The number of hydrogen-bond acceptors (Lipinski definition) is 5. The molecule has 3 heterocycles. The average molecular weight is 424 g/mol. The molecular weight excluding hydrogens is 402 g/mol. The highest BCUT2D eigenvalue weighted by molar-refractivity contribution is 9.10. The number of aromatic nitrogens is 3. The summed E-state index contributed by atoms with van der Waals surface area (Å²) in [6, 6.07) is 3.66. The second kappa shape index (κ2) is 7.22. The van der Waals surface area contributed by atoms with Crippen molar-refractivity contribution in [3.8, 4) is 0 Å². The number of nitrogens with one attached hydrogen (secondary N) is 1. The lowest BCUT2D eigenvalue weighted by Gasteiger charge is -2.28. The number of pyridine rings is 1. The van der Waals surface area contributed by atoms with Gasteiger partial charge in [0.2, 0.25) is 5.91 Å². The molecule has 1 atom stereocenters. The molecule has 1 aliphatic heterocycles. The molecule has 0 unspecified atom stereocenters. The van der Waals surface area contributed by atoms with E-state index in [4.69, 9.17) is 4.74 Å². The first-order valence-corrected chi connectivity index (χ1v) is 9.27. The van der Waals surface area contributed by atoms with Crippen LogP contribution in [0.25, 0.3) is 5.65 Å². The van der Waals surface area contributed by atoms with Crippen LogP contribution >= 0.6 is 15.9 Å². The fourth-order valence-electron chi connectivity index (χ4n) is 2.80. The molecule has 0 radical (unpaired) electrons. The minimum absolute atomic E-state index is 0.0110. The van der Waals surface area contributed by atoms with E-state index in [2.05, 4.69) is 31.4 Å². The molecule has 26 heavy (non-hydrogen) atoms. The lowest BCUT2D eigenvalue weighted by Crippen LogP contribution is -2.44. The van der Waals surface area contributed by atoms with Crippen molar-refractivity contribution in [3.63, 3.8) is 0 Å². The molecule has 140 valence electrons. The van der Waals surface area contributed by atoms with Gasteiger partial charge in [-0.3, -0.25) is 14.1 Å². The van der Waals surface area contributed by atoms with E-state index >= 15 is 0 Å².